The van der Waals surface area contributed by atoms with Crippen LogP contribution < -0.4 is 10.5 Å². The molecule has 0 saturated carbocycles. The quantitative estimate of drug-likeness (QED) is 0.932. The standard InChI is InChI=1S/C18H21NOS/c19-15(18-11-14-2-1-3-17(14)21-18)6-4-12-5-7-16-13(10-12)8-9-20-16/h5,7,10-11,15H,1-4,6,8-9,19H2. The van der Waals surface area contributed by atoms with Gasteiger partial charge >= 0.3 is 0 Å². The first kappa shape index (κ1) is 13.4. The molecule has 3 heteroatoms. The Labute approximate surface area is 129 Å². The van der Waals surface area contributed by atoms with Gasteiger partial charge in [0.15, 0.2) is 0 Å². The van der Waals surface area contributed by atoms with Crippen LogP contribution in [0, 0.1) is 0 Å². The summed E-state index contributed by atoms with van der Waals surface area (Å²) in [4.78, 5) is 2.96. The number of ether oxygens (including phenoxy) is 1. The van der Waals surface area contributed by atoms with Gasteiger partial charge in [0.25, 0.3) is 0 Å². The number of aryl methyl sites for hydroxylation is 3. The molecule has 1 atom stereocenters. The summed E-state index contributed by atoms with van der Waals surface area (Å²) in [5.41, 5.74) is 10.7. The third-order valence-corrected chi connectivity index (χ3v) is 6.00. The van der Waals surface area contributed by atoms with Crippen LogP contribution >= 0.6 is 11.3 Å². The molecule has 4 rings (SSSR count). The fourth-order valence-corrected chi connectivity index (χ4v) is 4.69. The Morgan fingerprint density at radius 2 is 2.10 bits per heavy atom. The molecule has 2 heterocycles. The third-order valence-electron chi connectivity index (χ3n) is 4.63. The predicted octanol–water partition coefficient (Wildman–Crippen LogP) is 3.80. The van der Waals surface area contributed by atoms with Crippen LogP contribution in [0.1, 0.15) is 45.3 Å². The van der Waals surface area contributed by atoms with Crippen LogP contribution in [0.2, 0.25) is 0 Å². The van der Waals surface area contributed by atoms with E-state index in [1.807, 2.05) is 11.3 Å². The van der Waals surface area contributed by atoms with Gasteiger partial charge in [0.05, 0.1) is 6.61 Å². The molecule has 2 nitrogen and oxygen atoms in total. The Hall–Kier alpha value is -1.32. The average Bonchev–Trinajstić information content (AvgIpc) is 3.18. The van der Waals surface area contributed by atoms with E-state index in [0.29, 0.717) is 0 Å². The molecule has 0 fully saturated rings. The second-order valence-corrected chi connectivity index (χ2v) is 7.30. The van der Waals surface area contributed by atoms with Crippen LogP contribution in [-0.4, -0.2) is 6.61 Å². The van der Waals surface area contributed by atoms with Gasteiger partial charge in [-0.1, -0.05) is 12.1 Å². The molecule has 110 valence electrons. The Balaban J connectivity index is 1.41. The van der Waals surface area contributed by atoms with Crippen LogP contribution in [-0.2, 0) is 25.7 Å². The largest absolute Gasteiger partial charge is 0.493 e. The topological polar surface area (TPSA) is 35.2 Å². The van der Waals surface area contributed by atoms with Crippen molar-refractivity contribution < 1.29 is 4.74 Å². The molecule has 1 aromatic carbocycles. The third kappa shape index (κ3) is 2.60. The molecule has 0 amide bonds. The van der Waals surface area contributed by atoms with Gasteiger partial charge in [-0.05, 0) is 60.9 Å². The van der Waals surface area contributed by atoms with E-state index >= 15 is 0 Å². The van der Waals surface area contributed by atoms with E-state index in [1.165, 1.54) is 35.3 Å². The monoisotopic (exact) mass is 299 g/mol. The molecule has 2 aromatic rings. The Morgan fingerprint density at radius 3 is 3.00 bits per heavy atom. The summed E-state index contributed by atoms with van der Waals surface area (Å²) < 4.78 is 5.56. The first-order chi connectivity index (χ1) is 10.3. The van der Waals surface area contributed by atoms with Crippen LogP contribution in [0.3, 0.4) is 0 Å². The average molecular weight is 299 g/mol. The van der Waals surface area contributed by atoms with Gasteiger partial charge in [0.2, 0.25) is 0 Å². The van der Waals surface area contributed by atoms with E-state index in [4.69, 9.17) is 10.5 Å². The fraction of sp³-hybridized carbons (Fsp3) is 0.444. The van der Waals surface area contributed by atoms with E-state index in [9.17, 15) is 0 Å². The van der Waals surface area contributed by atoms with Crippen LogP contribution in [0.15, 0.2) is 24.3 Å². The molecule has 0 spiro atoms. The highest BCUT2D eigenvalue weighted by molar-refractivity contribution is 7.12. The van der Waals surface area contributed by atoms with Crippen molar-refractivity contribution in [3.63, 3.8) is 0 Å². The highest BCUT2D eigenvalue weighted by Crippen LogP contribution is 2.34. The summed E-state index contributed by atoms with van der Waals surface area (Å²) >= 11 is 1.94. The smallest absolute Gasteiger partial charge is 0.122 e. The van der Waals surface area contributed by atoms with Gasteiger partial charge in [-0.2, -0.15) is 0 Å². The molecular weight excluding hydrogens is 278 g/mol. The normalized spacial score (nSPS) is 17.4. The molecule has 0 radical (unpaired) electrons. The van der Waals surface area contributed by atoms with Crippen molar-refractivity contribution in [1.82, 2.24) is 0 Å². The lowest BCUT2D eigenvalue weighted by molar-refractivity contribution is 0.357. The van der Waals surface area contributed by atoms with Crippen molar-refractivity contribution in [3.05, 3.63) is 50.7 Å². The van der Waals surface area contributed by atoms with E-state index < -0.39 is 0 Å². The zero-order valence-corrected chi connectivity index (χ0v) is 13.0. The number of hydrogen-bond donors (Lipinski definition) is 1. The first-order valence-electron chi connectivity index (χ1n) is 7.91. The molecule has 1 unspecified atom stereocenters. The van der Waals surface area contributed by atoms with Crippen LogP contribution in [0.5, 0.6) is 5.75 Å². The summed E-state index contributed by atoms with van der Waals surface area (Å²) in [5, 5.41) is 0. The number of benzene rings is 1. The number of rotatable bonds is 4. The van der Waals surface area contributed by atoms with Gasteiger partial charge in [-0.15, -0.1) is 11.3 Å². The summed E-state index contributed by atoms with van der Waals surface area (Å²) in [6, 6.07) is 9.14. The first-order valence-corrected chi connectivity index (χ1v) is 8.73. The van der Waals surface area contributed by atoms with Gasteiger partial charge in [-0.25, -0.2) is 0 Å². The molecule has 0 bridgehead atoms. The summed E-state index contributed by atoms with van der Waals surface area (Å²) in [6.07, 6.45) is 6.97. The van der Waals surface area contributed by atoms with Gasteiger partial charge in [0, 0.05) is 22.2 Å². The SMILES string of the molecule is NC(CCc1ccc2c(c1)CCO2)c1cc2c(s1)CCC2. The summed E-state index contributed by atoms with van der Waals surface area (Å²) in [6.45, 7) is 0.832. The second kappa shape index (κ2) is 5.47. The van der Waals surface area contributed by atoms with E-state index in [-0.39, 0.29) is 6.04 Å². The minimum absolute atomic E-state index is 0.185. The maximum atomic E-state index is 6.40. The lowest BCUT2D eigenvalue weighted by Crippen LogP contribution is -2.09. The van der Waals surface area contributed by atoms with Crippen molar-refractivity contribution in [3.8, 4) is 5.75 Å². The molecule has 1 aliphatic carbocycles. The number of hydrogen-bond acceptors (Lipinski definition) is 3. The molecule has 21 heavy (non-hydrogen) atoms. The lowest BCUT2D eigenvalue weighted by atomic mass is 10.0. The molecule has 1 aromatic heterocycles. The summed E-state index contributed by atoms with van der Waals surface area (Å²) in [7, 11) is 0. The fourth-order valence-electron chi connectivity index (χ4n) is 3.39. The van der Waals surface area contributed by atoms with Crippen molar-refractivity contribution in [2.24, 2.45) is 5.73 Å². The molecule has 2 aliphatic rings. The summed E-state index contributed by atoms with van der Waals surface area (Å²) in [5.74, 6) is 1.07. The Morgan fingerprint density at radius 1 is 1.14 bits per heavy atom. The predicted molar refractivity (Wildman–Crippen MR) is 87.2 cm³/mol. The van der Waals surface area contributed by atoms with E-state index in [1.54, 1.807) is 10.4 Å². The highest BCUT2D eigenvalue weighted by Gasteiger charge is 2.18. The minimum atomic E-state index is 0.185. The van der Waals surface area contributed by atoms with E-state index in [2.05, 4.69) is 24.3 Å². The molecular formula is C18H21NOS. The van der Waals surface area contributed by atoms with Crippen LogP contribution in [0.25, 0.3) is 0 Å². The Kier molecular flexibility index (Phi) is 3.48. The Bertz CT molecular complexity index is 640. The zero-order valence-electron chi connectivity index (χ0n) is 12.2. The number of thiophene rings is 1. The lowest BCUT2D eigenvalue weighted by Gasteiger charge is -2.10. The van der Waals surface area contributed by atoms with Crippen molar-refractivity contribution in [2.45, 2.75) is 44.6 Å². The molecule has 2 N–H and O–H groups in total. The second-order valence-electron chi connectivity index (χ2n) is 6.14. The maximum absolute atomic E-state index is 6.40. The van der Waals surface area contributed by atoms with Gasteiger partial charge in [0.1, 0.15) is 5.75 Å². The maximum Gasteiger partial charge on any atom is 0.122 e. The van der Waals surface area contributed by atoms with Crippen LogP contribution in [0.4, 0.5) is 0 Å². The van der Waals surface area contributed by atoms with Crippen molar-refractivity contribution in [1.29, 1.82) is 0 Å². The molecule has 0 saturated heterocycles. The van der Waals surface area contributed by atoms with Gasteiger partial charge < -0.3 is 10.5 Å². The molecule has 1 aliphatic heterocycles. The van der Waals surface area contributed by atoms with Gasteiger partial charge in [-0.3, -0.25) is 0 Å². The number of fused-ring (bicyclic) bond motifs is 2. The number of nitrogens with two attached hydrogens (primary N) is 1. The van der Waals surface area contributed by atoms with Crippen molar-refractivity contribution in [2.75, 3.05) is 6.61 Å². The van der Waals surface area contributed by atoms with Crippen molar-refractivity contribution >= 4 is 11.3 Å². The minimum Gasteiger partial charge on any atom is -0.493 e. The van der Waals surface area contributed by atoms with E-state index in [0.717, 1.165) is 31.6 Å². The highest BCUT2D eigenvalue weighted by atomic mass is 32.1. The zero-order chi connectivity index (χ0) is 14.2.